The van der Waals surface area contributed by atoms with Crippen molar-refractivity contribution in [2.45, 2.75) is 11.3 Å². The average Bonchev–Trinajstić information content (AvgIpc) is 3.38. The van der Waals surface area contributed by atoms with Gasteiger partial charge in [0.1, 0.15) is 28.8 Å². The van der Waals surface area contributed by atoms with E-state index in [4.69, 9.17) is 9.15 Å². The van der Waals surface area contributed by atoms with Crippen LogP contribution in [0.25, 0.3) is 33.7 Å². The molecule has 0 unspecified atom stereocenters. The van der Waals surface area contributed by atoms with Gasteiger partial charge in [-0.25, -0.2) is 9.97 Å². The fourth-order valence-corrected chi connectivity index (χ4v) is 4.79. The highest BCUT2D eigenvalue weighted by Gasteiger charge is 2.34. The molecule has 1 N–H and O–H groups in total. The summed E-state index contributed by atoms with van der Waals surface area (Å²) in [5.74, 6) is -0.0838. The molecule has 7 nitrogen and oxygen atoms in total. The van der Waals surface area contributed by atoms with E-state index < -0.39 is 17.8 Å². The molecule has 42 heavy (non-hydrogen) atoms. The van der Waals surface area contributed by atoms with E-state index in [0.717, 1.165) is 23.4 Å². The highest BCUT2D eigenvalue weighted by molar-refractivity contribution is 7.99. The molecule has 0 atom stereocenters. The van der Waals surface area contributed by atoms with Crippen LogP contribution in [0, 0.1) is 11.3 Å². The van der Waals surface area contributed by atoms with Crippen molar-refractivity contribution in [3.8, 4) is 45.5 Å². The number of nitriles is 1. The molecular weight excluding hydrogens is 565 g/mol. The van der Waals surface area contributed by atoms with Crippen molar-refractivity contribution in [2.75, 3.05) is 18.2 Å². The van der Waals surface area contributed by atoms with Crippen LogP contribution in [0.4, 0.5) is 19.1 Å². The molecule has 5 rings (SSSR count). The Morgan fingerprint density at radius 2 is 1.60 bits per heavy atom. The highest BCUT2D eigenvalue weighted by Crippen LogP contribution is 2.41. The lowest BCUT2D eigenvalue weighted by atomic mass is 9.98. The van der Waals surface area contributed by atoms with E-state index in [1.54, 1.807) is 24.3 Å². The van der Waals surface area contributed by atoms with Crippen molar-refractivity contribution in [3.05, 3.63) is 102 Å². The van der Waals surface area contributed by atoms with E-state index in [1.807, 2.05) is 60.7 Å². The number of alkyl halides is 3. The predicted molar refractivity (Wildman–Crippen MR) is 153 cm³/mol. The number of nitrogens with one attached hydrogen (secondary N) is 1. The average molecular weight is 587 g/mol. The maximum absolute atomic E-state index is 13.6. The van der Waals surface area contributed by atoms with E-state index in [-0.39, 0.29) is 28.1 Å². The number of carbonyl (C=O) groups excluding carboxylic acids is 1. The Morgan fingerprint density at radius 3 is 2.19 bits per heavy atom. The van der Waals surface area contributed by atoms with E-state index in [9.17, 15) is 23.2 Å². The Labute approximate surface area is 243 Å². The normalized spacial score (nSPS) is 11.1. The molecule has 0 aliphatic heterocycles. The summed E-state index contributed by atoms with van der Waals surface area (Å²) in [6.45, 7) is 0. The number of benzene rings is 3. The molecule has 1 amide bonds. The Kier molecular flexibility index (Phi) is 8.26. The molecular formula is C31H21F3N4O3S. The first-order valence-electron chi connectivity index (χ1n) is 12.5. The number of thioether (sulfide) groups is 1. The first kappa shape index (κ1) is 28.4. The van der Waals surface area contributed by atoms with Crippen LogP contribution in [0.15, 0.2) is 101 Å². The lowest BCUT2D eigenvalue weighted by Crippen LogP contribution is -2.15. The van der Waals surface area contributed by atoms with Crippen LogP contribution >= 0.6 is 11.8 Å². The minimum atomic E-state index is -4.72. The number of hydrogen-bond acceptors (Lipinski definition) is 7. The summed E-state index contributed by atoms with van der Waals surface area (Å²) in [5.41, 5.74) is 1.38. The quantitative estimate of drug-likeness (QED) is 0.147. The van der Waals surface area contributed by atoms with Gasteiger partial charge in [0, 0.05) is 16.7 Å². The molecule has 3 aromatic carbocycles. The largest absolute Gasteiger partial charge is 0.497 e. The predicted octanol–water partition coefficient (Wildman–Crippen LogP) is 7.70. The van der Waals surface area contributed by atoms with Gasteiger partial charge in [0.2, 0.25) is 11.8 Å². The van der Waals surface area contributed by atoms with Crippen molar-refractivity contribution in [1.29, 1.82) is 5.26 Å². The molecule has 5 aromatic rings. The molecule has 0 fully saturated rings. The summed E-state index contributed by atoms with van der Waals surface area (Å²) < 4.78 is 52.0. The third kappa shape index (κ3) is 6.29. The summed E-state index contributed by atoms with van der Waals surface area (Å²) in [4.78, 5) is 20.8. The topological polar surface area (TPSA) is 101 Å². The Bertz CT molecular complexity index is 1750. The number of halogens is 3. The molecule has 0 bridgehead atoms. The van der Waals surface area contributed by atoms with Gasteiger partial charge in [-0.2, -0.15) is 18.4 Å². The van der Waals surface area contributed by atoms with Crippen molar-refractivity contribution >= 4 is 23.6 Å². The molecule has 11 heteroatoms. The highest BCUT2D eigenvalue weighted by atomic mass is 32.2. The van der Waals surface area contributed by atoms with Crippen LogP contribution in [0.2, 0.25) is 0 Å². The van der Waals surface area contributed by atoms with Gasteiger partial charge in [-0.1, -0.05) is 72.4 Å². The number of methoxy groups -OCH3 is 1. The molecule has 0 spiro atoms. The Morgan fingerprint density at radius 1 is 0.952 bits per heavy atom. The maximum Gasteiger partial charge on any atom is 0.433 e. The maximum atomic E-state index is 13.6. The van der Waals surface area contributed by atoms with Crippen LogP contribution < -0.4 is 10.1 Å². The van der Waals surface area contributed by atoms with Gasteiger partial charge in [0.05, 0.1) is 18.6 Å². The third-order valence-electron chi connectivity index (χ3n) is 6.09. The molecule has 0 radical (unpaired) electrons. The fourth-order valence-electron chi connectivity index (χ4n) is 4.14. The van der Waals surface area contributed by atoms with Crippen molar-refractivity contribution in [2.24, 2.45) is 0 Å². The van der Waals surface area contributed by atoms with E-state index in [1.165, 1.54) is 7.11 Å². The number of anilines is 1. The number of ether oxygens (including phenoxy) is 1. The smallest absolute Gasteiger partial charge is 0.433 e. The van der Waals surface area contributed by atoms with Gasteiger partial charge < -0.3 is 9.15 Å². The lowest BCUT2D eigenvalue weighted by molar-refractivity contribution is -0.141. The minimum absolute atomic E-state index is 0.0423. The van der Waals surface area contributed by atoms with Crippen molar-refractivity contribution in [1.82, 2.24) is 9.97 Å². The number of nitrogens with zero attached hydrogens (tertiary/aromatic N) is 3. The minimum Gasteiger partial charge on any atom is -0.497 e. The number of furan rings is 1. The van der Waals surface area contributed by atoms with E-state index >= 15 is 0 Å². The molecule has 0 aliphatic rings. The SMILES string of the molecule is COc1ccc(-c2cc(C(F)(F)F)nc(SCC(=O)Nc3oc(-c4ccccc4)c(-c4ccccc4)c3C#N)n2)cc1. The Hall–Kier alpha value is -5.08. The standard InChI is InChI=1S/C31H21F3N4O3S/c1-40-22-14-12-19(13-15-22)24-16-25(31(32,33)34)37-30(36-24)42-18-26(39)38-29-23(17-35)27(20-8-4-2-5-9-20)28(41-29)21-10-6-3-7-11-21/h2-16H,18H2,1H3,(H,38,39). The van der Waals surface area contributed by atoms with Gasteiger partial charge in [0.25, 0.3) is 0 Å². The summed E-state index contributed by atoms with van der Waals surface area (Å²) in [7, 11) is 1.48. The second kappa shape index (κ2) is 12.2. The van der Waals surface area contributed by atoms with Crippen LogP contribution in [-0.4, -0.2) is 28.7 Å². The van der Waals surface area contributed by atoms with Crippen LogP contribution in [0.5, 0.6) is 5.75 Å². The van der Waals surface area contributed by atoms with Crippen molar-refractivity contribution in [3.63, 3.8) is 0 Å². The zero-order chi connectivity index (χ0) is 29.7. The second-order valence-corrected chi connectivity index (χ2v) is 9.78. The third-order valence-corrected chi connectivity index (χ3v) is 6.93. The summed E-state index contributed by atoms with van der Waals surface area (Å²) >= 11 is 0.728. The molecule has 0 aliphatic carbocycles. The zero-order valence-corrected chi connectivity index (χ0v) is 22.8. The van der Waals surface area contributed by atoms with Crippen LogP contribution in [0.3, 0.4) is 0 Å². The van der Waals surface area contributed by atoms with E-state index in [0.29, 0.717) is 28.2 Å². The van der Waals surface area contributed by atoms with E-state index in [2.05, 4.69) is 21.4 Å². The van der Waals surface area contributed by atoms with Crippen LogP contribution in [-0.2, 0) is 11.0 Å². The first-order valence-corrected chi connectivity index (χ1v) is 13.5. The Balaban J connectivity index is 1.42. The zero-order valence-electron chi connectivity index (χ0n) is 22.0. The number of hydrogen-bond donors (Lipinski definition) is 1. The van der Waals surface area contributed by atoms with Gasteiger partial charge in [-0.05, 0) is 35.9 Å². The lowest BCUT2D eigenvalue weighted by Gasteiger charge is -2.11. The van der Waals surface area contributed by atoms with Crippen LogP contribution in [0.1, 0.15) is 11.3 Å². The fraction of sp³-hybridized carbons (Fsp3) is 0.0968. The first-order chi connectivity index (χ1) is 20.3. The molecule has 210 valence electrons. The second-order valence-electron chi connectivity index (χ2n) is 8.84. The number of aromatic nitrogens is 2. The summed E-state index contributed by atoms with van der Waals surface area (Å²) in [6, 6.07) is 27.6. The van der Waals surface area contributed by atoms with Gasteiger partial charge in [-0.3, -0.25) is 10.1 Å². The summed E-state index contributed by atoms with van der Waals surface area (Å²) in [6.07, 6.45) is -4.72. The number of rotatable bonds is 8. The monoisotopic (exact) mass is 586 g/mol. The van der Waals surface area contributed by atoms with Gasteiger partial charge >= 0.3 is 6.18 Å². The van der Waals surface area contributed by atoms with Gasteiger partial charge in [-0.15, -0.1) is 0 Å². The summed E-state index contributed by atoms with van der Waals surface area (Å²) in [5, 5.41) is 12.4. The number of carbonyl (C=O) groups is 1. The molecule has 2 aromatic heterocycles. The molecule has 2 heterocycles. The van der Waals surface area contributed by atoms with Crippen molar-refractivity contribution < 1.29 is 27.1 Å². The molecule has 0 saturated heterocycles. The number of amides is 1. The molecule has 0 saturated carbocycles. The van der Waals surface area contributed by atoms with Gasteiger partial charge in [0.15, 0.2) is 5.16 Å².